The minimum Gasteiger partial charge on any atom is -0.332 e. The lowest BCUT2D eigenvalue weighted by Gasteiger charge is -2.28. The molecule has 0 saturated carbocycles. The molecular weight excluding hydrogens is 1170 g/mol. The highest BCUT2D eigenvalue weighted by atomic mass is 127. The first-order valence-corrected chi connectivity index (χ1v) is 28.7. The lowest BCUT2D eigenvalue weighted by Crippen LogP contribution is -2.33. The third-order valence-corrected chi connectivity index (χ3v) is 15.3. The van der Waals surface area contributed by atoms with Gasteiger partial charge in [-0.25, -0.2) is 4.39 Å². The van der Waals surface area contributed by atoms with Crippen LogP contribution in [0.5, 0.6) is 0 Å². The number of carbonyl (C=O) groups is 3. The fourth-order valence-electron chi connectivity index (χ4n) is 9.28. The van der Waals surface area contributed by atoms with E-state index in [1.54, 1.807) is 24.3 Å². The number of hydrogen-bond donors (Lipinski definition) is 6. The summed E-state index contributed by atoms with van der Waals surface area (Å²) >= 11 is 24.3. The molecule has 6 N–H and O–H groups in total. The minimum atomic E-state index is -0.297. The van der Waals surface area contributed by atoms with Gasteiger partial charge in [-0.2, -0.15) is 0 Å². The first-order valence-electron chi connectivity index (χ1n) is 26.0. The molecule has 18 heteroatoms. The first-order chi connectivity index (χ1) is 37.5. The maximum atomic E-state index is 13.0. The van der Waals surface area contributed by atoms with Crippen molar-refractivity contribution in [2.75, 3.05) is 92.3 Å². The number of piperidine rings is 3. The summed E-state index contributed by atoms with van der Waals surface area (Å²) in [6, 6.07) is 43.8. The largest absolute Gasteiger partial charge is 0.332 e. The van der Waals surface area contributed by atoms with E-state index in [4.69, 9.17) is 48.3 Å². The Morgan fingerprint density at radius 1 is 0.436 bits per heavy atom. The van der Waals surface area contributed by atoms with Crippen molar-refractivity contribution in [2.45, 2.75) is 38.5 Å². The Morgan fingerprint density at radius 2 is 0.718 bits per heavy atom. The topological polar surface area (TPSA) is 133 Å². The predicted molar refractivity (Wildman–Crippen MR) is 340 cm³/mol. The van der Waals surface area contributed by atoms with Crippen LogP contribution in [-0.4, -0.2) is 108 Å². The molecule has 12 nitrogen and oxygen atoms in total. The summed E-state index contributed by atoms with van der Waals surface area (Å²) in [4.78, 5) is 45.1. The second-order valence-corrected chi connectivity index (χ2v) is 22.7. The highest BCUT2D eigenvalue weighted by Crippen LogP contribution is 2.26. The Labute approximate surface area is 492 Å². The summed E-state index contributed by atoms with van der Waals surface area (Å²) in [6.07, 6.45) is 5.50. The second kappa shape index (κ2) is 30.0. The van der Waals surface area contributed by atoms with E-state index in [0.717, 1.165) is 117 Å². The van der Waals surface area contributed by atoms with Crippen molar-refractivity contribution in [2.24, 2.45) is 17.8 Å². The van der Waals surface area contributed by atoms with Crippen LogP contribution in [0, 0.1) is 27.1 Å². The van der Waals surface area contributed by atoms with Crippen molar-refractivity contribution in [3.8, 4) is 0 Å². The van der Waals surface area contributed by atoms with Gasteiger partial charge in [0.15, 0.2) is 32.7 Å². The maximum absolute atomic E-state index is 13.0. The third kappa shape index (κ3) is 19.3. The molecule has 6 aromatic carbocycles. The number of hydrogen-bond acceptors (Lipinski definition) is 9. The van der Waals surface area contributed by atoms with Gasteiger partial charge in [0.05, 0.1) is 0 Å². The van der Waals surface area contributed by atoms with Gasteiger partial charge in [0.1, 0.15) is 5.82 Å². The van der Waals surface area contributed by atoms with E-state index >= 15 is 0 Å². The Kier molecular flexibility index (Phi) is 23.0. The molecule has 3 saturated heterocycles. The smallest absolute Gasteiger partial charge is 0.175 e. The molecule has 0 radical (unpaired) electrons. The average Bonchev–Trinajstić information content (AvgIpc) is 3.43. The number of anilines is 6. The quantitative estimate of drug-likeness (QED) is 0.0394. The summed E-state index contributed by atoms with van der Waals surface area (Å²) in [5, 5.41) is 20.6. The van der Waals surface area contributed by atoms with E-state index < -0.39 is 0 Å². The van der Waals surface area contributed by atoms with Crippen LogP contribution in [0.15, 0.2) is 146 Å². The zero-order valence-electron chi connectivity index (χ0n) is 44.0. The van der Waals surface area contributed by atoms with E-state index in [1.807, 2.05) is 109 Å². The molecule has 3 fully saturated rings. The van der Waals surface area contributed by atoms with Crippen LogP contribution in [0.3, 0.4) is 0 Å². The van der Waals surface area contributed by atoms with Crippen LogP contribution in [0.1, 0.15) is 69.6 Å². The summed E-state index contributed by atoms with van der Waals surface area (Å²) < 4.78 is 14.1. The molecule has 0 aromatic heterocycles. The zero-order valence-corrected chi connectivity index (χ0v) is 49.4. The van der Waals surface area contributed by atoms with E-state index in [-0.39, 0.29) is 40.9 Å². The van der Waals surface area contributed by atoms with Crippen molar-refractivity contribution in [3.63, 3.8) is 0 Å². The molecule has 9 rings (SSSR count). The van der Waals surface area contributed by atoms with Gasteiger partial charge in [-0.3, -0.25) is 14.4 Å². The summed E-state index contributed by atoms with van der Waals surface area (Å²) in [7, 11) is 6.28. The number of nitrogens with zero attached hydrogens (tertiary/aromatic N) is 3. The second-order valence-electron chi connectivity index (χ2n) is 19.8. The van der Waals surface area contributed by atoms with Crippen LogP contribution in [0.4, 0.5) is 38.5 Å². The molecule has 0 atom stereocenters. The van der Waals surface area contributed by atoms with E-state index in [9.17, 15) is 18.8 Å². The number of halogens is 3. The Morgan fingerprint density at radius 3 is 1.04 bits per heavy atom. The maximum Gasteiger partial charge on any atom is 0.175 e. The third-order valence-electron chi connectivity index (χ3n) is 13.8. The SMILES string of the molecule is CN1CCC(C(=O)c2cccc(NC(=S)Nc3ccc(F)cc3)c2)CC1.CN1CCC(C(=O)c2cccc(NC(=S)Nc3ccc(I)cc3)c2)CC1.CN1CCC(C(=O)c2cccc(NC(=S)Nc3cccc(Cl)c3)c2)CC1. The lowest BCUT2D eigenvalue weighted by molar-refractivity contribution is 0.0850. The van der Waals surface area contributed by atoms with Crippen LogP contribution in [0.25, 0.3) is 0 Å². The van der Waals surface area contributed by atoms with Crippen LogP contribution >= 0.6 is 70.8 Å². The van der Waals surface area contributed by atoms with Crippen LogP contribution in [-0.2, 0) is 0 Å². The fourth-order valence-corrected chi connectivity index (χ4v) is 10.5. The molecule has 0 bridgehead atoms. The van der Waals surface area contributed by atoms with Gasteiger partial charge in [-0.05, 0) is 261 Å². The summed E-state index contributed by atoms with van der Waals surface area (Å²) in [5.41, 5.74) is 7.00. The Balaban J connectivity index is 0.000000170. The highest BCUT2D eigenvalue weighted by Gasteiger charge is 2.27. The first kappa shape index (κ1) is 59.9. The van der Waals surface area contributed by atoms with Gasteiger partial charge < -0.3 is 46.6 Å². The Bertz CT molecular complexity index is 2890. The normalized spacial score (nSPS) is 15.5. The molecule has 6 aromatic rings. The van der Waals surface area contributed by atoms with E-state index in [0.29, 0.717) is 31.6 Å². The van der Waals surface area contributed by atoms with E-state index in [2.05, 4.69) is 90.3 Å². The lowest BCUT2D eigenvalue weighted by atomic mass is 9.89. The molecule has 3 heterocycles. The minimum absolute atomic E-state index is 0.0886. The van der Waals surface area contributed by atoms with Crippen molar-refractivity contribution in [1.29, 1.82) is 0 Å². The zero-order chi connectivity index (χ0) is 55.6. The number of nitrogens with one attached hydrogen (secondary N) is 6. The van der Waals surface area contributed by atoms with Gasteiger partial charge in [0.25, 0.3) is 0 Å². The monoisotopic (exact) mass is 1240 g/mol. The molecule has 0 unspecified atom stereocenters. The van der Waals surface area contributed by atoms with Gasteiger partial charge in [-0.1, -0.05) is 54.1 Å². The Hall–Kier alpha value is -5.77. The van der Waals surface area contributed by atoms with Crippen molar-refractivity contribution >= 4 is 138 Å². The van der Waals surface area contributed by atoms with Gasteiger partial charge in [0.2, 0.25) is 0 Å². The van der Waals surface area contributed by atoms with Crippen molar-refractivity contribution in [1.82, 2.24) is 14.7 Å². The summed E-state index contributed by atoms with van der Waals surface area (Å²) in [5.74, 6) is 0.671. The van der Waals surface area contributed by atoms with Crippen molar-refractivity contribution in [3.05, 3.63) is 177 Å². The number of rotatable bonds is 12. The molecule has 0 amide bonds. The van der Waals surface area contributed by atoms with Crippen molar-refractivity contribution < 1.29 is 18.8 Å². The molecule has 0 aliphatic carbocycles. The highest BCUT2D eigenvalue weighted by molar-refractivity contribution is 14.1. The van der Waals surface area contributed by atoms with Crippen LogP contribution < -0.4 is 31.9 Å². The molecule has 3 aliphatic heterocycles. The number of Topliss-reactive ketones (excluding diaryl/α,β-unsaturated/α-hetero) is 3. The fraction of sp³-hybridized carbons (Fsp3) is 0.300. The van der Waals surface area contributed by atoms with Gasteiger partial charge in [0, 0.05) is 77.2 Å². The summed E-state index contributed by atoms with van der Waals surface area (Å²) in [6.45, 7) is 5.83. The van der Waals surface area contributed by atoms with Crippen LogP contribution in [0.2, 0.25) is 5.02 Å². The number of benzene rings is 6. The number of carbonyl (C=O) groups excluding carboxylic acids is 3. The predicted octanol–water partition coefficient (Wildman–Crippen LogP) is 13.5. The van der Waals surface area contributed by atoms with Gasteiger partial charge in [-0.15, -0.1) is 0 Å². The molecular formula is C60H66ClFIN9O3S3. The number of thiocarbonyl (C=S) groups is 3. The van der Waals surface area contributed by atoms with Gasteiger partial charge >= 0.3 is 0 Å². The standard InChI is InChI=1S/C20H22ClN3OS.C20H22FN3OS.C20H22IN3OS/c1-24-10-8-14(9-11-24)19(25)15-4-2-6-17(12-15)22-20(26)23-18-7-3-5-16(21)13-18;2*1-24-11-9-14(10-12-24)19(25)15-3-2-4-18(13-15)23-20(26)22-17-7-5-16(21)6-8-17/h2-7,12-14H,8-11H2,1H3,(H2,22,23,26);2*2-8,13-14H,9-12H2,1H3,(H2,22,23,26). The number of likely N-dealkylation sites (tertiary alicyclic amines) is 3. The van der Waals surface area contributed by atoms with E-state index in [1.165, 1.54) is 15.7 Å². The molecule has 0 spiro atoms. The molecule has 3 aliphatic rings. The number of ketones is 3. The average molecular weight is 1240 g/mol. The molecule has 408 valence electrons. The molecule has 78 heavy (non-hydrogen) atoms.